The molecule has 1 aliphatic rings. The average Bonchev–Trinajstić information content (AvgIpc) is 2.73. The molecule has 0 fully saturated rings. The van der Waals surface area contributed by atoms with Crippen LogP contribution in [0.25, 0.3) is 0 Å². The molecule has 1 unspecified atom stereocenters. The maximum Gasteiger partial charge on any atom is 0.276 e. The summed E-state index contributed by atoms with van der Waals surface area (Å²) in [6, 6.07) is 7.79. The standard InChI is InChI=1S/C23H29N3O6/c1-23(2,3)15-7-5-14(6-8-15)11-24-21(30)16-12-25-13-17(27)26(9-10-32-4)22(31)18(25)20(29)19(16)28/h5-8,12,17,27,29H,9-11,13H2,1-4H3,(H,24,30). The summed E-state index contributed by atoms with van der Waals surface area (Å²) in [6.07, 6.45) is 0.0220. The minimum absolute atomic E-state index is 0.0122. The number of nitrogens with one attached hydrogen (secondary N) is 1. The van der Waals surface area contributed by atoms with Crippen molar-refractivity contribution in [2.24, 2.45) is 0 Å². The summed E-state index contributed by atoms with van der Waals surface area (Å²) >= 11 is 0. The van der Waals surface area contributed by atoms with Crippen molar-refractivity contribution < 1.29 is 24.5 Å². The highest BCUT2D eigenvalue weighted by Gasteiger charge is 2.35. The van der Waals surface area contributed by atoms with E-state index >= 15 is 0 Å². The van der Waals surface area contributed by atoms with Gasteiger partial charge in [0.15, 0.2) is 11.4 Å². The minimum Gasteiger partial charge on any atom is -0.503 e. The second-order valence-electron chi connectivity index (χ2n) is 8.82. The Balaban J connectivity index is 1.80. The first-order chi connectivity index (χ1) is 15.0. The van der Waals surface area contributed by atoms with E-state index in [0.29, 0.717) is 0 Å². The van der Waals surface area contributed by atoms with E-state index in [1.54, 1.807) is 0 Å². The number of aliphatic hydroxyl groups is 1. The molecular weight excluding hydrogens is 414 g/mol. The number of amides is 2. The number of pyridine rings is 1. The monoisotopic (exact) mass is 443 g/mol. The van der Waals surface area contributed by atoms with Gasteiger partial charge in [-0.2, -0.15) is 0 Å². The summed E-state index contributed by atoms with van der Waals surface area (Å²) in [7, 11) is 1.46. The van der Waals surface area contributed by atoms with Crippen molar-refractivity contribution >= 4 is 11.8 Å². The lowest BCUT2D eigenvalue weighted by Gasteiger charge is -2.34. The number of carbonyl (C=O) groups excluding carboxylic acids is 2. The molecule has 0 aliphatic carbocycles. The lowest BCUT2D eigenvalue weighted by atomic mass is 9.87. The third-order valence-corrected chi connectivity index (χ3v) is 5.49. The van der Waals surface area contributed by atoms with Crippen molar-refractivity contribution in [2.45, 2.75) is 45.5 Å². The van der Waals surface area contributed by atoms with E-state index in [0.717, 1.165) is 16.0 Å². The lowest BCUT2D eigenvalue weighted by Crippen LogP contribution is -2.50. The maximum absolute atomic E-state index is 12.7. The van der Waals surface area contributed by atoms with E-state index in [-0.39, 0.29) is 42.9 Å². The topological polar surface area (TPSA) is 121 Å². The third kappa shape index (κ3) is 4.68. The Morgan fingerprint density at radius 3 is 2.47 bits per heavy atom. The molecule has 9 nitrogen and oxygen atoms in total. The van der Waals surface area contributed by atoms with Crippen LogP contribution in [0.1, 0.15) is 52.7 Å². The number of nitrogens with zero attached hydrogens (tertiary/aromatic N) is 2. The van der Waals surface area contributed by atoms with Crippen LogP contribution in [0.4, 0.5) is 0 Å². The molecule has 1 aliphatic heterocycles. The van der Waals surface area contributed by atoms with Gasteiger partial charge in [0.25, 0.3) is 11.8 Å². The number of hydrogen-bond acceptors (Lipinski definition) is 6. The van der Waals surface area contributed by atoms with Crippen molar-refractivity contribution in [3.8, 4) is 5.75 Å². The van der Waals surface area contributed by atoms with Crippen molar-refractivity contribution in [1.29, 1.82) is 0 Å². The highest BCUT2D eigenvalue weighted by Crippen LogP contribution is 2.23. The molecule has 0 radical (unpaired) electrons. The smallest absolute Gasteiger partial charge is 0.276 e. The van der Waals surface area contributed by atoms with Crippen LogP contribution < -0.4 is 10.7 Å². The molecular formula is C23H29N3O6. The number of benzene rings is 1. The minimum atomic E-state index is -1.18. The molecule has 2 amide bonds. The van der Waals surface area contributed by atoms with E-state index in [1.165, 1.54) is 17.9 Å². The van der Waals surface area contributed by atoms with Gasteiger partial charge in [0.1, 0.15) is 11.8 Å². The zero-order valence-electron chi connectivity index (χ0n) is 18.7. The Morgan fingerprint density at radius 2 is 1.88 bits per heavy atom. The Bertz CT molecular complexity index is 1070. The molecule has 32 heavy (non-hydrogen) atoms. The highest BCUT2D eigenvalue weighted by molar-refractivity contribution is 5.99. The number of aromatic hydroxyl groups is 1. The predicted octanol–water partition coefficient (Wildman–Crippen LogP) is 1.20. The SMILES string of the molecule is COCCN1C(=O)c2c(O)c(=O)c(C(=O)NCc3ccc(C(C)(C)C)cc3)cn2CC1O. The van der Waals surface area contributed by atoms with E-state index in [2.05, 4.69) is 26.1 Å². The van der Waals surface area contributed by atoms with Gasteiger partial charge in [0.05, 0.1) is 13.2 Å². The maximum atomic E-state index is 12.7. The second kappa shape index (κ2) is 9.13. The number of methoxy groups -OCH3 is 1. The number of carbonyl (C=O) groups is 2. The number of aromatic nitrogens is 1. The fraction of sp³-hybridized carbons (Fsp3) is 0.435. The van der Waals surface area contributed by atoms with Gasteiger partial charge in [-0.05, 0) is 16.5 Å². The Kier molecular flexibility index (Phi) is 6.71. The third-order valence-electron chi connectivity index (χ3n) is 5.49. The van der Waals surface area contributed by atoms with E-state index < -0.39 is 29.2 Å². The van der Waals surface area contributed by atoms with Crippen LogP contribution in [0.5, 0.6) is 5.75 Å². The van der Waals surface area contributed by atoms with Gasteiger partial charge in [0.2, 0.25) is 5.43 Å². The lowest BCUT2D eigenvalue weighted by molar-refractivity contribution is -0.0206. The first-order valence-corrected chi connectivity index (χ1v) is 10.4. The number of hydrogen-bond donors (Lipinski definition) is 3. The normalized spacial score (nSPS) is 16.1. The van der Waals surface area contributed by atoms with Crippen molar-refractivity contribution in [3.63, 3.8) is 0 Å². The van der Waals surface area contributed by atoms with Gasteiger partial charge in [0, 0.05) is 26.4 Å². The average molecular weight is 444 g/mol. The summed E-state index contributed by atoms with van der Waals surface area (Å²) in [4.78, 5) is 39.1. The van der Waals surface area contributed by atoms with Gasteiger partial charge in [-0.1, -0.05) is 45.0 Å². The fourth-order valence-corrected chi connectivity index (χ4v) is 3.57. The number of ether oxygens (including phenoxy) is 1. The molecule has 3 rings (SSSR count). The molecule has 0 bridgehead atoms. The van der Waals surface area contributed by atoms with Crippen LogP contribution in [0.15, 0.2) is 35.3 Å². The van der Waals surface area contributed by atoms with E-state index in [4.69, 9.17) is 4.74 Å². The molecule has 3 N–H and O–H groups in total. The van der Waals surface area contributed by atoms with Gasteiger partial charge in [-0.15, -0.1) is 0 Å². The zero-order chi connectivity index (χ0) is 23.6. The Hall–Kier alpha value is -3.17. The van der Waals surface area contributed by atoms with Gasteiger partial charge >= 0.3 is 0 Å². The van der Waals surface area contributed by atoms with Crippen molar-refractivity contribution in [3.05, 3.63) is 63.1 Å². The van der Waals surface area contributed by atoms with Gasteiger partial charge in [-0.3, -0.25) is 14.4 Å². The molecule has 0 saturated heterocycles. The number of aliphatic hydroxyl groups excluding tert-OH is 1. The van der Waals surface area contributed by atoms with Crippen LogP contribution in [0, 0.1) is 0 Å². The molecule has 0 saturated carbocycles. The van der Waals surface area contributed by atoms with Crippen LogP contribution >= 0.6 is 0 Å². The van der Waals surface area contributed by atoms with Crippen LogP contribution in [-0.2, 0) is 23.2 Å². The van der Waals surface area contributed by atoms with Crippen molar-refractivity contribution in [1.82, 2.24) is 14.8 Å². The van der Waals surface area contributed by atoms with Crippen LogP contribution in [-0.4, -0.2) is 58.0 Å². The summed E-state index contributed by atoms with van der Waals surface area (Å²) in [6.45, 7) is 6.71. The van der Waals surface area contributed by atoms with Crippen molar-refractivity contribution in [2.75, 3.05) is 20.3 Å². The first-order valence-electron chi connectivity index (χ1n) is 10.4. The Morgan fingerprint density at radius 1 is 1.22 bits per heavy atom. The molecule has 2 heterocycles. The zero-order valence-corrected chi connectivity index (χ0v) is 18.7. The molecule has 9 heteroatoms. The number of fused-ring (bicyclic) bond motifs is 1. The molecule has 1 aromatic carbocycles. The summed E-state index contributed by atoms with van der Waals surface area (Å²) in [5.74, 6) is -2.20. The second-order valence-corrected chi connectivity index (χ2v) is 8.82. The summed E-state index contributed by atoms with van der Waals surface area (Å²) in [5.41, 5.74) is 0.529. The number of rotatable bonds is 6. The quantitative estimate of drug-likeness (QED) is 0.617. The van der Waals surface area contributed by atoms with Crippen LogP contribution in [0.3, 0.4) is 0 Å². The first kappa shape index (κ1) is 23.5. The van der Waals surface area contributed by atoms with E-state index in [9.17, 15) is 24.6 Å². The summed E-state index contributed by atoms with van der Waals surface area (Å²) in [5, 5.41) is 23.4. The highest BCUT2D eigenvalue weighted by atomic mass is 16.5. The summed E-state index contributed by atoms with van der Waals surface area (Å²) < 4.78 is 6.17. The molecule has 1 atom stereocenters. The molecule has 0 spiro atoms. The molecule has 1 aromatic heterocycles. The Labute approximate surface area is 186 Å². The van der Waals surface area contributed by atoms with E-state index in [1.807, 2.05) is 24.3 Å². The largest absolute Gasteiger partial charge is 0.503 e. The predicted molar refractivity (Wildman–Crippen MR) is 118 cm³/mol. The van der Waals surface area contributed by atoms with Gasteiger partial charge < -0.3 is 29.7 Å². The molecule has 172 valence electrons. The molecule has 2 aromatic rings. The van der Waals surface area contributed by atoms with Gasteiger partial charge in [-0.25, -0.2) is 0 Å². The fourth-order valence-electron chi connectivity index (χ4n) is 3.57. The van der Waals surface area contributed by atoms with Crippen LogP contribution in [0.2, 0.25) is 0 Å².